The second-order valence-electron chi connectivity index (χ2n) is 4.59. The molecule has 0 bridgehead atoms. The van der Waals surface area contributed by atoms with Crippen LogP contribution in [0.2, 0.25) is 0 Å². The maximum Gasteiger partial charge on any atom is 0.141 e. The zero-order valence-electron chi connectivity index (χ0n) is 11.9. The summed E-state index contributed by atoms with van der Waals surface area (Å²) < 4.78 is 7.38. The second-order valence-corrected chi connectivity index (χ2v) is 4.59. The molecule has 1 atom stereocenters. The Kier molecular flexibility index (Phi) is 5.01. The third-order valence-electron chi connectivity index (χ3n) is 3.19. The molecule has 5 heteroatoms. The van der Waals surface area contributed by atoms with Crippen molar-refractivity contribution >= 4 is 5.69 Å². The molecular weight excluding hydrogens is 254 g/mol. The van der Waals surface area contributed by atoms with Gasteiger partial charge in [0.15, 0.2) is 0 Å². The Morgan fingerprint density at radius 1 is 1.40 bits per heavy atom. The molecule has 0 radical (unpaired) electrons. The van der Waals surface area contributed by atoms with Crippen molar-refractivity contribution in [1.82, 2.24) is 9.55 Å². The quantitative estimate of drug-likeness (QED) is 0.815. The topological polar surface area (TPSA) is 59.3 Å². The van der Waals surface area contributed by atoms with Crippen molar-refractivity contribution < 1.29 is 9.84 Å². The SMILES string of the molecule is CCCn1cncc1C(CO)Nc1ccccc1OC. The van der Waals surface area contributed by atoms with Crippen LogP contribution in [0.15, 0.2) is 36.8 Å². The van der Waals surface area contributed by atoms with E-state index in [1.165, 1.54) is 0 Å². The number of nitrogens with one attached hydrogen (secondary N) is 1. The van der Waals surface area contributed by atoms with Crippen molar-refractivity contribution in [2.24, 2.45) is 0 Å². The fourth-order valence-corrected chi connectivity index (χ4v) is 2.21. The van der Waals surface area contributed by atoms with Crippen LogP contribution in [0.1, 0.15) is 25.1 Å². The fourth-order valence-electron chi connectivity index (χ4n) is 2.21. The summed E-state index contributed by atoms with van der Waals surface area (Å²) in [6, 6.07) is 7.46. The minimum atomic E-state index is -0.208. The molecule has 0 spiro atoms. The van der Waals surface area contributed by atoms with Crippen molar-refractivity contribution in [2.45, 2.75) is 25.9 Å². The van der Waals surface area contributed by atoms with Crippen LogP contribution in [0.5, 0.6) is 5.75 Å². The Balaban J connectivity index is 2.22. The summed E-state index contributed by atoms with van der Waals surface area (Å²) >= 11 is 0. The maximum absolute atomic E-state index is 9.67. The zero-order chi connectivity index (χ0) is 14.4. The largest absolute Gasteiger partial charge is 0.495 e. The lowest BCUT2D eigenvalue weighted by molar-refractivity contribution is 0.271. The van der Waals surface area contributed by atoms with Gasteiger partial charge in [0.25, 0.3) is 0 Å². The van der Waals surface area contributed by atoms with E-state index in [1.54, 1.807) is 19.6 Å². The lowest BCUT2D eigenvalue weighted by Crippen LogP contribution is -2.19. The predicted octanol–water partition coefficient (Wildman–Crippen LogP) is 2.45. The van der Waals surface area contributed by atoms with Crippen LogP contribution in [-0.4, -0.2) is 28.4 Å². The van der Waals surface area contributed by atoms with Gasteiger partial charge in [0.05, 0.1) is 43.7 Å². The van der Waals surface area contributed by atoms with Gasteiger partial charge in [-0.1, -0.05) is 19.1 Å². The van der Waals surface area contributed by atoms with Crippen molar-refractivity contribution in [3.8, 4) is 5.75 Å². The van der Waals surface area contributed by atoms with Gasteiger partial charge in [-0.05, 0) is 18.6 Å². The summed E-state index contributed by atoms with van der Waals surface area (Å²) in [6.07, 6.45) is 4.61. The number of methoxy groups -OCH3 is 1. The highest BCUT2D eigenvalue weighted by Gasteiger charge is 2.16. The van der Waals surface area contributed by atoms with Crippen LogP contribution in [0.3, 0.4) is 0 Å². The van der Waals surface area contributed by atoms with Gasteiger partial charge in [-0.25, -0.2) is 4.98 Å². The Labute approximate surface area is 119 Å². The number of rotatable bonds is 7. The molecular formula is C15H21N3O2. The molecule has 2 aromatic rings. The molecule has 1 aromatic carbocycles. The Hall–Kier alpha value is -2.01. The first-order valence-corrected chi connectivity index (χ1v) is 6.80. The van der Waals surface area contributed by atoms with E-state index in [-0.39, 0.29) is 12.6 Å². The average molecular weight is 275 g/mol. The summed E-state index contributed by atoms with van der Waals surface area (Å²) in [4.78, 5) is 4.17. The van der Waals surface area contributed by atoms with Crippen molar-refractivity contribution in [3.05, 3.63) is 42.5 Å². The molecule has 0 aliphatic carbocycles. The van der Waals surface area contributed by atoms with Gasteiger partial charge >= 0.3 is 0 Å². The van der Waals surface area contributed by atoms with E-state index in [0.717, 1.165) is 30.1 Å². The van der Waals surface area contributed by atoms with E-state index in [2.05, 4.69) is 21.8 Å². The van der Waals surface area contributed by atoms with Gasteiger partial charge in [0.1, 0.15) is 5.75 Å². The highest BCUT2D eigenvalue weighted by Crippen LogP contribution is 2.27. The highest BCUT2D eigenvalue weighted by atomic mass is 16.5. The number of aliphatic hydroxyl groups is 1. The number of imidazole rings is 1. The summed E-state index contributed by atoms with van der Waals surface area (Å²) in [5.41, 5.74) is 1.83. The van der Waals surface area contributed by atoms with Crippen LogP contribution in [0.4, 0.5) is 5.69 Å². The van der Waals surface area contributed by atoms with Gasteiger partial charge in [-0.15, -0.1) is 0 Å². The van der Waals surface area contributed by atoms with Crippen LogP contribution in [0, 0.1) is 0 Å². The van der Waals surface area contributed by atoms with Crippen molar-refractivity contribution in [1.29, 1.82) is 0 Å². The first-order chi connectivity index (χ1) is 9.80. The fraction of sp³-hybridized carbons (Fsp3) is 0.400. The van der Waals surface area contributed by atoms with Gasteiger partial charge in [-0.2, -0.15) is 0 Å². The number of benzene rings is 1. The Morgan fingerprint density at radius 3 is 2.90 bits per heavy atom. The zero-order valence-corrected chi connectivity index (χ0v) is 11.9. The molecule has 5 nitrogen and oxygen atoms in total. The highest BCUT2D eigenvalue weighted by molar-refractivity contribution is 5.57. The molecule has 0 aliphatic rings. The molecule has 0 saturated heterocycles. The Morgan fingerprint density at radius 2 is 2.20 bits per heavy atom. The lowest BCUT2D eigenvalue weighted by atomic mass is 10.2. The van der Waals surface area contributed by atoms with E-state index < -0.39 is 0 Å². The second kappa shape index (κ2) is 6.96. The van der Waals surface area contributed by atoms with Crippen molar-refractivity contribution in [3.63, 3.8) is 0 Å². The van der Waals surface area contributed by atoms with Gasteiger partial charge < -0.3 is 19.7 Å². The molecule has 0 amide bonds. The molecule has 1 aromatic heterocycles. The van der Waals surface area contributed by atoms with Gasteiger partial charge in [0, 0.05) is 6.54 Å². The molecule has 2 N–H and O–H groups in total. The molecule has 0 fully saturated rings. The number of aliphatic hydroxyl groups excluding tert-OH is 1. The summed E-state index contributed by atoms with van der Waals surface area (Å²) in [5.74, 6) is 0.757. The van der Waals surface area contributed by atoms with E-state index >= 15 is 0 Å². The molecule has 2 rings (SSSR count). The first kappa shape index (κ1) is 14.4. The number of anilines is 1. The smallest absolute Gasteiger partial charge is 0.141 e. The number of hydrogen-bond acceptors (Lipinski definition) is 4. The monoisotopic (exact) mass is 275 g/mol. The minimum absolute atomic E-state index is 0.00649. The number of nitrogens with zero attached hydrogens (tertiary/aromatic N) is 2. The summed E-state index contributed by atoms with van der Waals surface area (Å²) in [5, 5.41) is 13.0. The predicted molar refractivity (Wildman–Crippen MR) is 79.0 cm³/mol. The van der Waals surface area contributed by atoms with Gasteiger partial charge in [0.2, 0.25) is 0 Å². The molecule has 20 heavy (non-hydrogen) atoms. The van der Waals surface area contributed by atoms with E-state index in [1.807, 2.05) is 24.3 Å². The summed E-state index contributed by atoms with van der Waals surface area (Å²) in [7, 11) is 1.63. The van der Waals surface area contributed by atoms with E-state index in [4.69, 9.17) is 4.74 Å². The standard InChI is InChI=1S/C15H21N3O2/c1-3-8-18-11-16-9-14(18)13(10-19)17-12-6-4-5-7-15(12)20-2/h4-7,9,11,13,17,19H,3,8,10H2,1-2H3. The molecule has 108 valence electrons. The van der Waals surface area contributed by atoms with E-state index in [9.17, 15) is 5.11 Å². The molecule has 0 saturated carbocycles. The van der Waals surface area contributed by atoms with Crippen LogP contribution >= 0.6 is 0 Å². The third kappa shape index (κ3) is 3.11. The number of aromatic nitrogens is 2. The molecule has 1 heterocycles. The number of hydrogen-bond donors (Lipinski definition) is 2. The lowest BCUT2D eigenvalue weighted by Gasteiger charge is -2.20. The number of para-hydroxylation sites is 2. The molecule has 0 aliphatic heterocycles. The van der Waals surface area contributed by atoms with Crippen LogP contribution < -0.4 is 10.1 Å². The minimum Gasteiger partial charge on any atom is -0.495 e. The Bertz CT molecular complexity index is 539. The molecule has 1 unspecified atom stereocenters. The third-order valence-corrected chi connectivity index (χ3v) is 3.19. The maximum atomic E-state index is 9.67. The van der Waals surface area contributed by atoms with E-state index in [0.29, 0.717) is 0 Å². The van der Waals surface area contributed by atoms with Crippen molar-refractivity contribution in [2.75, 3.05) is 19.0 Å². The summed E-state index contributed by atoms with van der Waals surface area (Å²) in [6.45, 7) is 3.00. The number of ether oxygens (including phenoxy) is 1. The van der Waals surface area contributed by atoms with Gasteiger partial charge in [-0.3, -0.25) is 0 Å². The number of aryl methyl sites for hydroxylation is 1. The van der Waals surface area contributed by atoms with Crippen LogP contribution in [0.25, 0.3) is 0 Å². The first-order valence-electron chi connectivity index (χ1n) is 6.80. The normalized spacial score (nSPS) is 12.2. The van der Waals surface area contributed by atoms with Crippen LogP contribution in [-0.2, 0) is 6.54 Å². The average Bonchev–Trinajstić information content (AvgIpc) is 2.93.